The van der Waals surface area contributed by atoms with Crippen molar-refractivity contribution in [2.24, 2.45) is 5.41 Å². The Labute approximate surface area is 106 Å². The minimum atomic E-state index is 0.252. The molecule has 0 saturated carbocycles. The fourth-order valence-corrected chi connectivity index (χ4v) is 2.13. The highest BCUT2D eigenvalue weighted by Crippen LogP contribution is 2.36. The summed E-state index contributed by atoms with van der Waals surface area (Å²) in [6, 6.07) is 2.53. The van der Waals surface area contributed by atoms with Crippen LogP contribution in [0.4, 0.5) is 0 Å². The van der Waals surface area contributed by atoms with Crippen LogP contribution < -0.4 is 5.32 Å². The molecule has 1 heterocycles. The first-order chi connectivity index (χ1) is 8.06. The van der Waals surface area contributed by atoms with Gasteiger partial charge in [0.15, 0.2) is 0 Å². The number of hydrogen-bond acceptors (Lipinski definition) is 2. The third-order valence-corrected chi connectivity index (χ3v) is 3.64. The van der Waals surface area contributed by atoms with Gasteiger partial charge in [-0.1, -0.05) is 27.7 Å². The first-order valence-electron chi connectivity index (χ1n) is 6.81. The number of hydrogen-bond donors (Lipinski definition) is 1. The van der Waals surface area contributed by atoms with E-state index in [1.165, 1.54) is 5.69 Å². The smallest absolute Gasteiger partial charge is 0.0558 e. The van der Waals surface area contributed by atoms with E-state index in [1.807, 2.05) is 6.20 Å². The van der Waals surface area contributed by atoms with Crippen LogP contribution in [0.3, 0.4) is 0 Å². The summed E-state index contributed by atoms with van der Waals surface area (Å²) < 4.78 is 2.10. The van der Waals surface area contributed by atoms with Crippen LogP contribution in [-0.2, 0) is 6.54 Å². The van der Waals surface area contributed by atoms with E-state index in [9.17, 15) is 0 Å². The van der Waals surface area contributed by atoms with Gasteiger partial charge in [0.25, 0.3) is 0 Å². The maximum absolute atomic E-state index is 4.39. The highest BCUT2D eigenvalue weighted by molar-refractivity contribution is 5.11. The first kappa shape index (κ1) is 14.2. The molecular formula is C14H27N3. The maximum atomic E-state index is 4.39. The van der Waals surface area contributed by atoms with Gasteiger partial charge in [0, 0.05) is 12.7 Å². The van der Waals surface area contributed by atoms with Crippen LogP contribution in [0, 0.1) is 5.41 Å². The topological polar surface area (TPSA) is 29.9 Å². The van der Waals surface area contributed by atoms with Crippen LogP contribution in [0.1, 0.15) is 59.2 Å². The molecule has 17 heavy (non-hydrogen) atoms. The second-order valence-electron chi connectivity index (χ2n) is 5.30. The first-order valence-corrected chi connectivity index (χ1v) is 6.81. The minimum absolute atomic E-state index is 0.252. The Hall–Kier alpha value is -0.830. The second kappa shape index (κ2) is 6.20. The zero-order valence-corrected chi connectivity index (χ0v) is 12.0. The van der Waals surface area contributed by atoms with Gasteiger partial charge >= 0.3 is 0 Å². The Morgan fingerprint density at radius 2 is 2.06 bits per heavy atom. The van der Waals surface area contributed by atoms with E-state index in [4.69, 9.17) is 0 Å². The summed E-state index contributed by atoms with van der Waals surface area (Å²) in [5.41, 5.74) is 1.56. The van der Waals surface area contributed by atoms with Gasteiger partial charge in [0.2, 0.25) is 0 Å². The molecule has 0 aromatic carbocycles. The number of rotatable bonds is 7. The predicted molar refractivity (Wildman–Crippen MR) is 73.0 cm³/mol. The summed E-state index contributed by atoms with van der Waals surface area (Å²) in [6.07, 6.45) is 4.23. The standard InChI is InChI=1S/C14H27N3/c1-6-10-15-13(14(4,5)7-2)12-9-11-16-17(12)8-3/h9,11,13,15H,6-8,10H2,1-5H3. The fourth-order valence-electron chi connectivity index (χ4n) is 2.13. The summed E-state index contributed by atoms with van der Waals surface area (Å²) >= 11 is 0. The van der Waals surface area contributed by atoms with Crippen molar-refractivity contribution in [1.82, 2.24) is 15.1 Å². The third-order valence-electron chi connectivity index (χ3n) is 3.64. The van der Waals surface area contributed by atoms with Gasteiger partial charge in [-0.25, -0.2) is 0 Å². The van der Waals surface area contributed by atoms with Gasteiger partial charge in [-0.3, -0.25) is 4.68 Å². The summed E-state index contributed by atoms with van der Waals surface area (Å²) in [4.78, 5) is 0. The summed E-state index contributed by atoms with van der Waals surface area (Å²) in [7, 11) is 0. The van der Waals surface area contributed by atoms with Gasteiger partial charge in [0.05, 0.1) is 11.7 Å². The van der Waals surface area contributed by atoms with E-state index >= 15 is 0 Å². The maximum Gasteiger partial charge on any atom is 0.0558 e. The largest absolute Gasteiger partial charge is 0.308 e. The van der Waals surface area contributed by atoms with Crippen molar-refractivity contribution in [2.75, 3.05) is 6.54 Å². The fraction of sp³-hybridized carbons (Fsp3) is 0.786. The lowest BCUT2D eigenvalue weighted by Crippen LogP contribution is -2.36. The number of aryl methyl sites for hydroxylation is 1. The second-order valence-corrected chi connectivity index (χ2v) is 5.30. The molecule has 1 rings (SSSR count). The highest BCUT2D eigenvalue weighted by atomic mass is 15.3. The molecule has 0 aliphatic heterocycles. The Bertz CT molecular complexity index is 328. The van der Waals surface area contributed by atoms with Crippen LogP contribution >= 0.6 is 0 Å². The average Bonchev–Trinajstić information content (AvgIpc) is 2.77. The van der Waals surface area contributed by atoms with E-state index in [1.54, 1.807) is 0 Å². The van der Waals surface area contributed by atoms with Gasteiger partial charge < -0.3 is 5.32 Å². The summed E-state index contributed by atoms with van der Waals surface area (Å²) in [6.45, 7) is 13.3. The predicted octanol–water partition coefficient (Wildman–Crippen LogP) is 3.38. The Balaban J connectivity index is 2.97. The Morgan fingerprint density at radius 3 is 2.59 bits per heavy atom. The van der Waals surface area contributed by atoms with Crippen molar-refractivity contribution in [1.29, 1.82) is 0 Å². The quantitative estimate of drug-likeness (QED) is 0.788. The van der Waals surface area contributed by atoms with Gasteiger partial charge in [-0.05, 0) is 37.8 Å². The molecule has 0 saturated heterocycles. The van der Waals surface area contributed by atoms with Gasteiger partial charge in [0.1, 0.15) is 0 Å². The van der Waals surface area contributed by atoms with Crippen molar-refractivity contribution in [3.8, 4) is 0 Å². The molecule has 1 atom stereocenters. The molecule has 0 aliphatic rings. The SMILES string of the molecule is CCCNC(c1ccnn1CC)C(C)(C)CC. The Morgan fingerprint density at radius 1 is 1.35 bits per heavy atom. The number of nitrogens with one attached hydrogen (secondary N) is 1. The van der Waals surface area contributed by atoms with Gasteiger partial charge in [-0.15, -0.1) is 0 Å². The monoisotopic (exact) mass is 237 g/mol. The number of aromatic nitrogens is 2. The Kier molecular flexibility index (Phi) is 5.19. The molecule has 0 fully saturated rings. The summed E-state index contributed by atoms with van der Waals surface area (Å²) in [5.74, 6) is 0. The van der Waals surface area contributed by atoms with Crippen LogP contribution in [0.15, 0.2) is 12.3 Å². The van der Waals surface area contributed by atoms with E-state index in [-0.39, 0.29) is 5.41 Å². The van der Waals surface area contributed by atoms with Gasteiger partial charge in [-0.2, -0.15) is 5.10 Å². The zero-order valence-electron chi connectivity index (χ0n) is 12.0. The molecule has 0 aliphatic carbocycles. The van der Waals surface area contributed by atoms with E-state index in [0.717, 1.165) is 25.9 Å². The van der Waals surface area contributed by atoms with E-state index in [0.29, 0.717) is 6.04 Å². The average molecular weight is 237 g/mol. The molecule has 0 bridgehead atoms. The third kappa shape index (κ3) is 3.32. The van der Waals surface area contributed by atoms with E-state index < -0.39 is 0 Å². The normalized spacial score (nSPS) is 13.9. The summed E-state index contributed by atoms with van der Waals surface area (Å²) in [5, 5.41) is 8.07. The van der Waals surface area contributed by atoms with Crippen LogP contribution in [-0.4, -0.2) is 16.3 Å². The molecule has 1 N–H and O–H groups in total. The van der Waals surface area contributed by atoms with Crippen LogP contribution in [0.25, 0.3) is 0 Å². The minimum Gasteiger partial charge on any atom is -0.308 e. The number of nitrogens with zero attached hydrogens (tertiary/aromatic N) is 2. The molecule has 1 aromatic heterocycles. The lowest BCUT2D eigenvalue weighted by Gasteiger charge is -2.34. The molecule has 0 spiro atoms. The van der Waals surface area contributed by atoms with Crippen molar-refractivity contribution < 1.29 is 0 Å². The van der Waals surface area contributed by atoms with E-state index in [2.05, 4.69) is 55.8 Å². The van der Waals surface area contributed by atoms with Crippen molar-refractivity contribution in [2.45, 2.75) is 60.0 Å². The molecule has 0 radical (unpaired) electrons. The zero-order chi connectivity index (χ0) is 12.9. The molecule has 1 aromatic rings. The lowest BCUT2D eigenvalue weighted by molar-refractivity contribution is 0.223. The van der Waals surface area contributed by atoms with Crippen molar-refractivity contribution in [3.63, 3.8) is 0 Å². The molecule has 98 valence electrons. The highest BCUT2D eigenvalue weighted by Gasteiger charge is 2.30. The van der Waals surface area contributed by atoms with Crippen LogP contribution in [0.2, 0.25) is 0 Å². The van der Waals surface area contributed by atoms with Crippen molar-refractivity contribution in [3.05, 3.63) is 18.0 Å². The molecule has 1 unspecified atom stereocenters. The molecule has 3 nitrogen and oxygen atoms in total. The molecule has 0 amide bonds. The lowest BCUT2D eigenvalue weighted by atomic mass is 9.80. The van der Waals surface area contributed by atoms with Crippen LogP contribution in [0.5, 0.6) is 0 Å². The molecular weight excluding hydrogens is 210 g/mol. The molecule has 3 heteroatoms. The van der Waals surface area contributed by atoms with Crippen molar-refractivity contribution >= 4 is 0 Å².